The molecule has 1 aromatic carbocycles. The molecule has 1 aromatic heterocycles. The van der Waals surface area contributed by atoms with Crippen molar-refractivity contribution < 1.29 is 14.3 Å². The monoisotopic (exact) mass is 416 g/mol. The Kier molecular flexibility index (Phi) is 10.3. The van der Waals surface area contributed by atoms with Crippen LogP contribution >= 0.6 is 0 Å². The van der Waals surface area contributed by atoms with Crippen molar-refractivity contribution in [3.8, 4) is 0 Å². The van der Waals surface area contributed by atoms with Crippen LogP contribution in [0.25, 0.3) is 11.0 Å². The van der Waals surface area contributed by atoms with Crippen LogP contribution in [0.15, 0.2) is 18.2 Å². The van der Waals surface area contributed by atoms with E-state index in [1.165, 1.54) is 23.9 Å². The Morgan fingerprint density at radius 2 is 1.67 bits per heavy atom. The van der Waals surface area contributed by atoms with Gasteiger partial charge in [0.05, 0.1) is 12.1 Å². The van der Waals surface area contributed by atoms with Crippen LogP contribution in [0.5, 0.6) is 0 Å². The number of hydrogen-bond acceptors (Lipinski definition) is 5. The van der Waals surface area contributed by atoms with Crippen molar-refractivity contribution in [3.63, 3.8) is 0 Å². The number of ether oxygens (including phenoxy) is 1. The molecule has 30 heavy (non-hydrogen) atoms. The van der Waals surface area contributed by atoms with Crippen molar-refractivity contribution in [1.82, 2.24) is 19.9 Å². The summed E-state index contributed by atoms with van der Waals surface area (Å²) in [6, 6.07) is 5.72. The number of nitrogens with zero attached hydrogens (tertiary/aromatic N) is 4. The van der Waals surface area contributed by atoms with Gasteiger partial charge >= 0.3 is 12.0 Å². The zero-order valence-corrected chi connectivity index (χ0v) is 18.7. The molecule has 0 atom stereocenters. The fraction of sp³-hybridized carbons (Fsp3) is 0.652. The SMILES string of the molecule is CCOC(=O)CCCCCCCCCCN(CC)C(=O)n1nnc2cc(C)ccc21. The first-order chi connectivity index (χ1) is 14.6. The number of rotatable bonds is 13. The fourth-order valence-corrected chi connectivity index (χ4v) is 3.56. The average Bonchev–Trinajstić information content (AvgIpc) is 3.15. The van der Waals surface area contributed by atoms with E-state index >= 15 is 0 Å². The van der Waals surface area contributed by atoms with Crippen molar-refractivity contribution in [1.29, 1.82) is 0 Å². The number of esters is 1. The van der Waals surface area contributed by atoms with Gasteiger partial charge in [-0.05, 0) is 51.3 Å². The van der Waals surface area contributed by atoms with Gasteiger partial charge in [0.25, 0.3) is 0 Å². The summed E-state index contributed by atoms with van der Waals surface area (Å²) in [6.45, 7) is 7.70. The molecule has 2 aromatic rings. The molecule has 2 rings (SSSR count). The second kappa shape index (κ2) is 13.0. The standard InChI is InChI=1S/C23H36N4O3/c1-4-26(23(29)27-21-16-15-19(3)18-20(21)24-25-27)17-13-11-9-7-6-8-10-12-14-22(28)30-5-2/h15-16,18H,4-14,17H2,1-3H3. The minimum absolute atomic E-state index is 0.0819. The van der Waals surface area contributed by atoms with Crippen LogP contribution in [0.1, 0.15) is 77.2 Å². The Balaban J connectivity index is 1.61. The molecule has 0 unspecified atom stereocenters. The van der Waals surface area contributed by atoms with E-state index in [4.69, 9.17) is 4.74 Å². The van der Waals surface area contributed by atoms with Crippen LogP contribution in [0.3, 0.4) is 0 Å². The molecule has 0 aliphatic heterocycles. The lowest BCUT2D eigenvalue weighted by Crippen LogP contribution is -2.36. The number of carbonyl (C=O) groups is 2. The lowest BCUT2D eigenvalue weighted by atomic mass is 10.1. The predicted molar refractivity (Wildman–Crippen MR) is 118 cm³/mol. The second-order valence-electron chi connectivity index (χ2n) is 7.74. The summed E-state index contributed by atoms with van der Waals surface area (Å²) in [6.07, 6.45) is 9.39. The van der Waals surface area contributed by atoms with Gasteiger partial charge in [0.1, 0.15) is 5.52 Å². The molecule has 0 fully saturated rings. The second-order valence-corrected chi connectivity index (χ2v) is 7.74. The molecule has 0 radical (unpaired) electrons. The third-order valence-electron chi connectivity index (χ3n) is 5.30. The highest BCUT2D eigenvalue weighted by molar-refractivity contribution is 5.88. The summed E-state index contributed by atoms with van der Waals surface area (Å²) < 4.78 is 6.34. The molecule has 0 N–H and O–H groups in total. The number of benzene rings is 1. The molecule has 7 nitrogen and oxygen atoms in total. The topological polar surface area (TPSA) is 77.3 Å². The maximum absolute atomic E-state index is 12.8. The highest BCUT2D eigenvalue weighted by atomic mass is 16.5. The van der Waals surface area contributed by atoms with Crippen LogP contribution < -0.4 is 0 Å². The first-order valence-corrected chi connectivity index (χ1v) is 11.3. The van der Waals surface area contributed by atoms with Crippen LogP contribution in [0.4, 0.5) is 4.79 Å². The lowest BCUT2D eigenvalue weighted by Gasteiger charge is -2.20. The molecule has 166 valence electrons. The molecule has 1 heterocycles. The quantitative estimate of drug-likeness (QED) is 0.335. The minimum Gasteiger partial charge on any atom is -0.466 e. The maximum atomic E-state index is 12.8. The first-order valence-electron chi connectivity index (χ1n) is 11.3. The molecule has 0 aliphatic rings. The normalized spacial score (nSPS) is 11.0. The molecule has 7 heteroatoms. The van der Waals surface area contributed by atoms with Crippen LogP contribution in [-0.4, -0.2) is 51.6 Å². The largest absolute Gasteiger partial charge is 0.466 e. The number of amides is 1. The number of unbranched alkanes of at least 4 members (excludes halogenated alkanes) is 7. The van der Waals surface area contributed by atoms with Gasteiger partial charge in [-0.2, -0.15) is 4.68 Å². The molecule has 0 spiro atoms. The first kappa shape index (κ1) is 23.8. The van der Waals surface area contributed by atoms with Crippen molar-refractivity contribution >= 4 is 23.0 Å². The Hall–Kier alpha value is -2.44. The van der Waals surface area contributed by atoms with Crippen molar-refractivity contribution in [2.75, 3.05) is 19.7 Å². The van der Waals surface area contributed by atoms with E-state index in [2.05, 4.69) is 10.3 Å². The average molecular weight is 417 g/mol. The third-order valence-corrected chi connectivity index (χ3v) is 5.30. The van der Waals surface area contributed by atoms with Crippen molar-refractivity contribution in [3.05, 3.63) is 23.8 Å². The van der Waals surface area contributed by atoms with Gasteiger partial charge in [-0.25, -0.2) is 4.79 Å². The van der Waals surface area contributed by atoms with Gasteiger partial charge in [0.15, 0.2) is 0 Å². The number of aryl methyl sites for hydroxylation is 1. The van der Waals surface area contributed by atoms with Crippen LogP contribution in [0.2, 0.25) is 0 Å². The van der Waals surface area contributed by atoms with E-state index < -0.39 is 0 Å². The van der Waals surface area contributed by atoms with Gasteiger partial charge in [-0.3, -0.25) is 4.79 Å². The van der Waals surface area contributed by atoms with Crippen molar-refractivity contribution in [2.24, 2.45) is 0 Å². The molecule has 0 saturated carbocycles. The number of hydrogen-bond donors (Lipinski definition) is 0. The van der Waals surface area contributed by atoms with E-state index in [0.717, 1.165) is 55.2 Å². The molecule has 0 bridgehead atoms. The van der Waals surface area contributed by atoms with E-state index in [1.54, 1.807) is 0 Å². The summed E-state index contributed by atoms with van der Waals surface area (Å²) >= 11 is 0. The fourth-order valence-electron chi connectivity index (χ4n) is 3.56. The van der Waals surface area contributed by atoms with Crippen LogP contribution in [-0.2, 0) is 9.53 Å². The summed E-state index contributed by atoms with van der Waals surface area (Å²) in [5.41, 5.74) is 2.61. The number of aromatic nitrogens is 3. The van der Waals surface area contributed by atoms with Gasteiger partial charge in [-0.15, -0.1) is 5.10 Å². The molecule has 1 amide bonds. The van der Waals surface area contributed by atoms with Gasteiger partial charge in [-0.1, -0.05) is 49.8 Å². The Labute approximate surface area is 179 Å². The van der Waals surface area contributed by atoms with E-state index in [1.807, 2.05) is 43.9 Å². The molecule has 0 aliphatic carbocycles. The molecule has 0 saturated heterocycles. The summed E-state index contributed by atoms with van der Waals surface area (Å²) in [5, 5.41) is 8.19. The van der Waals surface area contributed by atoms with Gasteiger partial charge in [0.2, 0.25) is 0 Å². The molecular weight excluding hydrogens is 380 g/mol. The van der Waals surface area contributed by atoms with Gasteiger partial charge in [0, 0.05) is 19.5 Å². The highest BCUT2D eigenvalue weighted by Gasteiger charge is 2.17. The Morgan fingerprint density at radius 1 is 1.00 bits per heavy atom. The summed E-state index contributed by atoms with van der Waals surface area (Å²) in [4.78, 5) is 26.0. The Bertz CT molecular complexity index is 803. The Morgan fingerprint density at radius 3 is 2.33 bits per heavy atom. The maximum Gasteiger partial charge on any atom is 0.346 e. The van der Waals surface area contributed by atoms with Crippen molar-refractivity contribution in [2.45, 2.75) is 78.6 Å². The third kappa shape index (κ3) is 7.43. The summed E-state index contributed by atoms with van der Waals surface area (Å²) in [5.74, 6) is -0.0819. The highest BCUT2D eigenvalue weighted by Crippen LogP contribution is 2.15. The molecular formula is C23H36N4O3. The number of fused-ring (bicyclic) bond motifs is 1. The lowest BCUT2D eigenvalue weighted by molar-refractivity contribution is -0.143. The van der Waals surface area contributed by atoms with E-state index in [0.29, 0.717) is 19.6 Å². The smallest absolute Gasteiger partial charge is 0.346 e. The number of carbonyl (C=O) groups excluding carboxylic acids is 2. The van der Waals surface area contributed by atoms with E-state index in [9.17, 15) is 9.59 Å². The summed E-state index contributed by atoms with van der Waals surface area (Å²) in [7, 11) is 0. The predicted octanol–water partition coefficient (Wildman–Crippen LogP) is 5.10. The zero-order chi connectivity index (χ0) is 21.8. The van der Waals surface area contributed by atoms with E-state index in [-0.39, 0.29) is 12.0 Å². The van der Waals surface area contributed by atoms with Crippen LogP contribution in [0, 0.1) is 6.92 Å². The van der Waals surface area contributed by atoms with Gasteiger partial charge < -0.3 is 9.64 Å². The minimum atomic E-state index is -0.106. The zero-order valence-electron chi connectivity index (χ0n) is 18.7.